The van der Waals surface area contributed by atoms with Gasteiger partial charge in [0, 0.05) is 18.3 Å². The van der Waals surface area contributed by atoms with Gasteiger partial charge in [0.2, 0.25) is 0 Å². The van der Waals surface area contributed by atoms with Crippen LogP contribution >= 0.6 is 0 Å². The molecule has 0 amide bonds. The Morgan fingerprint density at radius 1 is 1.25 bits per heavy atom. The van der Waals surface area contributed by atoms with Crippen LogP contribution in [0.4, 0.5) is 0 Å². The third-order valence-corrected chi connectivity index (χ3v) is 3.33. The van der Waals surface area contributed by atoms with Crippen molar-refractivity contribution in [3.8, 4) is 5.75 Å². The lowest BCUT2D eigenvalue weighted by molar-refractivity contribution is 0.103. The first-order valence-corrected chi connectivity index (χ1v) is 6.82. The van der Waals surface area contributed by atoms with Gasteiger partial charge in [0.15, 0.2) is 5.78 Å². The van der Waals surface area contributed by atoms with Crippen molar-refractivity contribution in [1.82, 2.24) is 9.78 Å². The van der Waals surface area contributed by atoms with Crippen LogP contribution in [-0.4, -0.2) is 22.2 Å². The Kier molecular flexibility index (Phi) is 4.23. The van der Waals surface area contributed by atoms with Gasteiger partial charge in [0.25, 0.3) is 0 Å². The number of ether oxygens (including phenoxy) is 1. The molecular formula is C16H20N2O2. The van der Waals surface area contributed by atoms with E-state index in [-0.39, 0.29) is 5.78 Å². The summed E-state index contributed by atoms with van der Waals surface area (Å²) in [4.78, 5) is 12.5. The maximum atomic E-state index is 12.5. The van der Waals surface area contributed by atoms with Crippen molar-refractivity contribution in [2.75, 3.05) is 6.61 Å². The molecule has 0 aliphatic carbocycles. The molecule has 0 spiro atoms. The lowest BCUT2D eigenvalue weighted by atomic mass is 10.0. The summed E-state index contributed by atoms with van der Waals surface area (Å²) < 4.78 is 7.26. The average Bonchev–Trinajstić information content (AvgIpc) is 2.70. The highest BCUT2D eigenvalue weighted by Crippen LogP contribution is 2.19. The topological polar surface area (TPSA) is 44.1 Å². The van der Waals surface area contributed by atoms with Gasteiger partial charge in [0.1, 0.15) is 5.75 Å². The quantitative estimate of drug-likeness (QED) is 0.786. The normalized spacial score (nSPS) is 10.6. The van der Waals surface area contributed by atoms with E-state index in [1.165, 1.54) is 0 Å². The average molecular weight is 272 g/mol. The predicted molar refractivity (Wildman–Crippen MR) is 78.3 cm³/mol. The van der Waals surface area contributed by atoms with Crippen LogP contribution in [0.15, 0.2) is 24.3 Å². The van der Waals surface area contributed by atoms with Gasteiger partial charge < -0.3 is 4.74 Å². The van der Waals surface area contributed by atoms with Crippen LogP contribution in [0.1, 0.15) is 40.7 Å². The molecule has 0 unspecified atom stereocenters. The number of rotatable bonds is 5. The second-order valence-corrected chi connectivity index (χ2v) is 4.87. The molecule has 0 bridgehead atoms. The Hall–Kier alpha value is -2.10. The summed E-state index contributed by atoms with van der Waals surface area (Å²) in [6, 6.07) is 7.28. The van der Waals surface area contributed by atoms with Gasteiger partial charge in [-0.1, -0.05) is 6.92 Å². The smallest absolute Gasteiger partial charge is 0.196 e. The zero-order chi connectivity index (χ0) is 14.7. The Morgan fingerprint density at radius 3 is 2.40 bits per heavy atom. The fourth-order valence-electron chi connectivity index (χ4n) is 2.17. The molecule has 1 aromatic heterocycles. The Morgan fingerprint density at radius 2 is 1.90 bits per heavy atom. The molecule has 20 heavy (non-hydrogen) atoms. The largest absolute Gasteiger partial charge is 0.494 e. The molecule has 0 atom stereocenters. The molecule has 1 heterocycles. The predicted octanol–water partition coefficient (Wildman–Crippen LogP) is 3.06. The molecular weight excluding hydrogens is 252 g/mol. The van der Waals surface area contributed by atoms with Crippen molar-refractivity contribution in [3.05, 3.63) is 46.8 Å². The van der Waals surface area contributed by atoms with Crippen molar-refractivity contribution in [2.45, 2.75) is 27.2 Å². The third-order valence-electron chi connectivity index (χ3n) is 3.33. The molecule has 0 saturated heterocycles. The van der Waals surface area contributed by atoms with Crippen LogP contribution < -0.4 is 4.74 Å². The fraction of sp³-hybridized carbons (Fsp3) is 0.375. The molecule has 0 aliphatic rings. The SMILES string of the molecule is CCCOc1ccc(C(=O)c2c(C)nn(C)c2C)cc1. The Bertz CT molecular complexity index is 612. The number of aromatic nitrogens is 2. The van der Waals surface area contributed by atoms with Gasteiger partial charge in [-0.05, 0) is 44.5 Å². The number of ketones is 1. The standard InChI is InChI=1S/C16H20N2O2/c1-5-10-20-14-8-6-13(7-9-14)16(19)15-11(2)17-18(4)12(15)3/h6-9H,5,10H2,1-4H3. The number of carbonyl (C=O) groups excluding carboxylic acids is 1. The Balaban J connectivity index is 2.25. The van der Waals surface area contributed by atoms with Gasteiger partial charge in [-0.15, -0.1) is 0 Å². The summed E-state index contributed by atoms with van der Waals surface area (Å²) in [6.45, 7) is 6.52. The minimum atomic E-state index is 0.00939. The second-order valence-electron chi connectivity index (χ2n) is 4.87. The number of hydrogen-bond donors (Lipinski definition) is 0. The molecule has 1 aromatic carbocycles. The summed E-state index contributed by atoms with van der Waals surface area (Å²) in [5.74, 6) is 0.804. The van der Waals surface area contributed by atoms with E-state index in [4.69, 9.17) is 4.74 Å². The van der Waals surface area contributed by atoms with Crippen LogP contribution in [0.3, 0.4) is 0 Å². The molecule has 4 nitrogen and oxygen atoms in total. The maximum absolute atomic E-state index is 12.5. The molecule has 2 aromatic rings. The van der Waals surface area contributed by atoms with Crippen LogP contribution in [0.25, 0.3) is 0 Å². The molecule has 106 valence electrons. The summed E-state index contributed by atoms with van der Waals surface area (Å²) in [7, 11) is 1.85. The van der Waals surface area contributed by atoms with Crippen LogP contribution in [0, 0.1) is 13.8 Å². The first-order valence-electron chi connectivity index (χ1n) is 6.82. The van der Waals surface area contributed by atoms with E-state index < -0.39 is 0 Å². The van der Waals surface area contributed by atoms with Crippen molar-refractivity contribution < 1.29 is 9.53 Å². The molecule has 0 radical (unpaired) electrons. The van der Waals surface area contributed by atoms with Gasteiger partial charge in [0.05, 0.1) is 17.9 Å². The number of aryl methyl sites for hydroxylation is 2. The number of nitrogens with zero attached hydrogens (tertiary/aromatic N) is 2. The minimum absolute atomic E-state index is 0.00939. The van der Waals surface area contributed by atoms with E-state index in [1.807, 2.05) is 33.0 Å². The molecule has 0 saturated carbocycles. The number of carbonyl (C=O) groups is 1. The van der Waals surface area contributed by atoms with Gasteiger partial charge >= 0.3 is 0 Å². The van der Waals surface area contributed by atoms with Crippen molar-refractivity contribution in [2.24, 2.45) is 7.05 Å². The van der Waals surface area contributed by atoms with E-state index in [9.17, 15) is 4.79 Å². The first-order chi connectivity index (χ1) is 9.54. The van der Waals surface area contributed by atoms with Crippen LogP contribution in [0.5, 0.6) is 5.75 Å². The summed E-state index contributed by atoms with van der Waals surface area (Å²) in [6.07, 6.45) is 0.967. The molecule has 0 fully saturated rings. The Labute approximate surface area is 119 Å². The molecule has 0 N–H and O–H groups in total. The first kappa shape index (κ1) is 14.3. The lowest BCUT2D eigenvalue weighted by Crippen LogP contribution is -2.05. The fourth-order valence-corrected chi connectivity index (χ4v) is 2.17. The van der Waals surface area contributed by atoms with E-state index in [0.717, 1.165) is 23.6 Å². The van der Waals surface area contributed by atoms with E-state index in [0.29, 0.717) is 17.7 Å². The molecule has 2 rings (SSSR count). The third kappa shape index (κ3) is 2.74. The highest BCUT2D eigenvalue weighted by atomic mass is 16.5. The van der Waals surface area contributed by atoms with Gasteiger partial charge in [-0.2, -0.15) is 5.10 Å². The van der Waals surface area contributed by atoms with E-state index >= 15 is 0 Å². The monoisotopic (exact) mass is 272 g/mol. The van der Waals surface area contributed by atoms with Gasteiger partial charge in [-0.25, -0.2) is 0 Å². The lowest BCUT2D eigenvalue weighted by Gasteiger charge is -2.06. The molecule has 0 aliphatic heterocycles. The highest BCUT2D eigenvalue weighted by molar-refractivity contribution is 6.10. The van der Waals surface area contributed by atoms with Gasteiger partial charge in [-0.3, -0.25) is 9.48 Å². The highest BCUT2D eigenvalue weighted by Gasteiger charge is 2.18. The number of hydrogen-bond acceptors (Lipinski definition) is 3. The second kappa shape index (κ2) is 5.90. The van der Waals surface area contributed by atoms with Crippen molar-refractivity contribution in [1.29, 1.82) is 0 Å². The van der Waals surface area contributed by atoms with E-state index in [2.05, 4.69) is 12.0 Å². The van der Waals surface area contributed by atoms with Crippen molar-refractivity contribution >= 4 is 5.78 Å². The summed E-state index contributed by atoms with van der Waals surface area (Å²) in [5.41, 5.74) is 3.00. The maximum Gasteiger partial charge on any atom is 0.196 e. The van der Waals surface area contributed by atoms with Crippen molar-refractivity contribution in [3.63, 3.8) is 0 Å². The van der Waals surface area contributed by atoms with Crippen LogP contribution in [0.2, 0.25) is 0 Å². The number of benzene rings is 1. The molecule has 4 heteroatoms. The van der Waals surface area contributed by atoms with Crippen LogP contribution in [-0.2, 0) is 7.05 Å². The summed E-state index contributed by atoms with van der Waals surface area (Å²) in [5, 5.41) is 4.29. The zero-order valence-electron chi connectivity index (χ0n) is 12.4. The minimum Gasteiger partial charge on any atom is -0.494 e. The van der Waals surface area contributed by atoms with E-state index in [1.54, 1.807) is 16.8 Å². The summed E-state index contributed by atoms with van der Waals surface area (Å²) >= 11 is 0. The zero-order valence-corrected chi connectivity index (χ0v) is 12.4.